The first-order valence-corrected chi connectivity index (χ1v) is 8.41. The van der Waals surface area contributed by atoms with E-state index in [0.29, 0.717) is 12.0 Å². The topological polar surface area (TPSA) is 21.3 Å². The summed E-state index contributed by atoms with van der Waals surface area (Å²) >= 11 is 2.00. The van der Waals surface area contributed by atoms with Gasteiger partial charge in [0.15, 0.2) is 0 Å². The standard InChI is InChI=1S/C18H21NOS/c1-14-11-12-19-18(21-14)16-7-9-17(10-8-16)20-13-15-5-3-2-4-6-15/h2-10,14,18-19H,11-13H2,1H3. The fourth-order valence-corrected chi connectivity index (χ4v) is 3.69. The van der Waals surface area contributed by atoms with Crippen LogP contribution in [0.2, 0.25) is 0 Å². The van der Waals surface area contributed by atoms with Crippen LogP contribution in [0.4, 0.5) is 0 Å². The minimum Gasteiger partial charge on any atom is -0.489 e. The van der Waals surface area contributed by atoms with E-state index in [1.54, 1.807) is 0 Å². The maximum atomic E-state index is 5.83. The third kappa shape index (κ3) is 4.02. The van der Waals surface area contributed by atoms with E-state index in [1.807, 2.05) is 30.0 Å². The van der Waals surface area contributed by atoms with E-state index in [1.165, 1.54) is 17.5 Å². The maximum absolute atomic E-state index is 5.83. The fraction of sp³-hybridized carbons (Fsp3) is 0.333. The number of thioether (sulfide) groups is 1. The van der Waals surface area contributed by atoms with Crippen LogP contribution in [0.5, 0.6) is 5.75 Å². The third-order valence-corrected chi connectivity index (χ3v) is 5.09. The third-order valence-electron chi connectivity index (χ3n) is 3.68. The molecule has 0 aliphatic carbocycles. The molecule has 0 bridgehead atoms. The van der Waals surface area contributed by atoms with Crippen LogP contribution in [-0.2, 0) is 6.61 Å². The van der Waals surface area contributed by atoms with Crippen molar-refractivity contribution >= 4 is 11.8 Å². The summed E-state index contributed by atoms with van der Waals surface area (Å²) in [4.78, 5) is 0. The molecule has 2 unspecified atom stereocenters. The Morgan fingerprint density at radius 2 is 1.86 bits per heavy atom. The van der Waals surface area contributed by atoms with Gasteiger partial charge >= 0.3 is 0 Å². The van der Waals surface area contributed by atoms with Gasteiger partial charge in [-0.3, -0.25) is 0 Å². The van der Waals surface area contributed by atoms with Crippen LogP contribution < -0.4 is 10.1 Å². The fourth-order valence-electron chi connectivity index (χ4n) is 2.44. The first-order valence-electron chi connectivity index (χ1n) is 7.47. The zero-order valence-corrected chi connectivity index (χ0v) is 13.1. The van der Waals surface area contributed by atoms with Crippen LogP contribution >= 0.6 is 11.8 Å². The summed E-state index contributed by atoms with van der Waals surface area (Å²) in [5, 5.41) is 4.71. The Kier molecular flexibility index (Phi) is 4.84. The first kappa shape index (κ1) is 14.5. The molecular formula is C18H21NOS. The van der Waals surface area contributed by atoms with Gasteiger partial charge in [0, 0.05) is 5.25 Å². The molecule has 0 saturated carbocycles. The quantitative estimate of drug-likeness (QED) is 0.905. The Morgan fingerprint density at radius 1 is 1.10 bits per heavy atom. The van der Waals surface area contributed by atoms with Crippen molar-refractivity contribution in [2.75, 3.05) is 6.54 Å². The van der Waals surface area contributed by atoms with Gasteiger partial charge in [0.25, 0.3) is 0 Å². The molecule has 0 radical (unpaired) electrons. The molecule has 0 aromatic heterocycles. The van der Waals surface area contributed by atoms with Gasteiger partial charge in [0.2, 0.25) is 0 Å². The van der Waals surface area contributed by atoms with E-state index < -0.39 is 0 Å². The lowest BCUT2D eigenvalue weighted by atomic mass is 10.2. The second-order valence-corrected chi connectivity index (χ2v) is 6.96. The Morgan fingerprint density at radius 3 is 2.57 bits per heavy atom. The summed E-state index contributed by atoms with van der Waals surface area (Å²) in [6, 6.07) is 18.7. The molecule has 1 heterocycles. The van der Waals surface area contributed by atoms with Crippen LogP contribution in [0, 0.1) is 0 Å². The molecule has 0 amide bonds. The molecule has 1 N–H and O–H groups in total. The highest BCUT2D eigenvalue weighted by Gasteiger charge is 2.19. The minimum absolute atomic E-state index is 0.414. The molecule has 0 spiro atoms. The lowest BCUT2D eigenvalue weighted by molar-refractivity contribution is 0.306. The number of ether oxygens (including phenoxy) is 1. The minimum atomic E-state index is 0.414. The number of benzene rings is 2. The zero-order valence-electron chi connectivity index (χ0n) is 12.3. The Bertz CT molecular complexity index is 555. The molecule has 1 aliphatic rings. The molecule has 1 fully saturated rings. The Balaban J connectivity index is 1.59. The highest BCUT2D eigenvalue weighted by molar-refractivity contribution is 8.00. The molecule has 1 saturated heterocycles. The van der Waals surface area contributed by atoms with E-state index in [2.05, 4.69) is 48.6 Å². The van der Waals surface area contributed by atoms with Crippen LogP contribution in [0.25, 0.3) is 0 Å². The van der Waals surface area contributed by atoms with E-state index in [-0.39, 0.29) is 0 Å². The normalized spacial score (nSPS) is 22.0. The monoisotopic (exact) mass is 299 g/mol. The van der Waals surface area contributed by atoms with Gasteiger partial charge in [0.1, 0.15) is 12.4 Å². The molecule has 2 aromatic rings. The highest BCUT2D eigenvalue weighted by atomic mass is 32.2. The zero-order chi connectivity index (χ0) is 14.5. The van der Waals surface area contributed by atoms with Gasteiger partial charge in [0.05, 0.1) is 5.37 Å². The molecule has 1 aliphatic heterocycles. The molecule has 2 atom stereocenters. The van der Waals surface area contributed by atoms with Crippen LogP contribution in [0.1, 0.15) is 29.8 Å². The van der Waals surface area contributed by atoms with Crippen molar-refractivity contribution in [2.24, 2.45) is 0 Å². The maximum Gasteiger partial charge on any atom is 0.119 e. The van der Waals surface area contributed by atoms with Crippen molar-refractivity contribution in [3.63, 3.8) is 0 Å². The van der Waals surface area contributed by atoms with Gasteiger partial charge in [-0.05, 0) is 36.2 Å². The van der Waals surface area contributed by atoms with Crippen LogP contribution in [0.15, 0.2) is 54.6 Å². The highest BCUT2D eigenvalue weighted by Crippen LogP contribution is 2.34. The Labute approximate surface area is 130 Å². The Hall–Kier alpha value is -1.45. The lowest BCUT2D eigenvalue weighted by Gasteiger charge is -2.28. The number of hydrogen-bond donors (Lipinski definition) is 1. The summed E-state index contributed by atoms with van der Waals surface area (Å²) in [5.74, 6) is 0.927. The lowest BCUT2D eigenvalue weighted by Crippen LogP contribution is -2.28. The summed E-state index contributed by atoms with van der Waals surface area (Å²) in [7, 11) is 0. The molecule has 2 nitrogen and oxygen atoms in total. The van der Waals surface area contributed by atoms with Crippen molar-refractivity contribution in [3.05, 3.63) is 65.7 Å². The van der Waals surface area contributed by atoms with Gasteiger partial charge in [-0.15, -0.1) is 11.8 Å². The second kappa shape index (κ2) is 7.01. The smallest absolute Gasteiger partial charge is 0.119 e. The summed E-state index contributed by atoms with van der Waals surface area (Å²) in [5.41, 5.74) is 2.53. The van der Waals surface area contributed by atoms with E-state index in [0.717, 1.165) is 17.5 Å². The largest absolute Gasteiger partial charge is 0.489 e. The van der Waals surface area contributed by atoms with E-state index >= 15 is 0 Å². The molecule has 3 heteroatoms. The van der Waals surface area contributed by atoms with Gasteiger partial charge in [-0.2, -0.15) is 0 Å². The first-order chi connectivity index (χ1) is 10.3. The number of hydrogen-bond acceptors (Lipinski definition) is 3. The molecule has 3 rings (SSSR count). The van der Waals surface area contributed by atoms with E-state index in [9.17, 15) is 0 Å². The predicted octanol–water partition coefficient (Wildman–Crippen LogP) is 4.38. The van der Waals surface area contributed by atoms with Crippen LogP contribution in [0.3, 0.4) is 0 Å². The SMILES string of the molecule is CC1CCNC(c2ccc(OCc3ccccc3)cc2)S1. The number of rotatable bonds is 4. The average molecular weight is 299 g/mol. The number of nitrogens with one attached hydrogen (secondary N) is 1. The average Bonchev–Trinajstić information content (AvgIpc) is 2.54. The van der Waals surface area contributed by atoms with Crippen LogP contribution in [-0.4, -0.2) is 11.8 Å². The predicted molar refractivity (Wildman–Crippen MR) is 89.6 cm³/mol. The molecular weight excluding hydrogens is 278 g/mol. The van der Waals surface area contributed by atoms with Gasteiger partial charge < -0.3 is 10.1 Å². The second-order valence-electron chi connectivity index (χ2n) is 5.41. The molecule has 2 aromatic carbocycles. The molecule has 21 heavy (non-hydrogen) atoms. The van der Waals surface area contributed by atoms with Crippen molar-refractivity contribution < 1.29 is 4.74 Å². The van der Waals surface area contributed by atoms with Gasteiger partial charge in [-0.25, -0.2) is 0 Å². The summed E-state index contributed by atoms with van der Waals surface area (Å²) in [6.07, 6.45) is 1.25. The van der Waals surface area contributed by atoms with Crippen molar-refractivity contribution in [3.8, 4) is 5.75 Å². The summed E-state index contributed by atoms with van der Waals surface area (Å²) < 4.78 is 5.83. The van der Waals surface area contributed by atoms with E-state index in [4.69, 9.17) is 4.74 Å². The molecule has 110 valence electrons. The van der Waals surface area contributed by atoms with Crippen molar-refractivity contribution in [2.45, 2.75) is 30.6 Å². The van der Waals surface area contributed by atoms with Crippen molar-refractivity contribution in [1.29, 1.82) is 0 Å². The van der Waals surface area contributed by atoms with Crippen molar-refractivity contribution in [1.82, 2.24) is 5.32 Å². The van der Waals surface area contributed by atoms with Gasteiger partial charge in [-0.1, -0.05) is 49.4 Å². The summed E-state index contributed by atoms with van der Waals surface area (Å²) in [6.45, 7) is 4.02.